The van der Waals surface area contributed by atoms with Crippen molar-refractivity contribution in [2.75, 3.05) is 19.7 Å². The second-order valence-electron chi connectivity index (χ2n) is 12.1. The quantitative estimate of drug-likeness (QED) is 0.360. The highest BCUT2D eigenvalue weighted by Crippen LogP contribution is 2.65. The molecule has 0 saturated carbocycles. The largest absolute Gasteiger partial charge is 0.394 e. The summed E-state index contributed by atoms with van der Waals surface area (Å²) in [6, 6.07) is 17.8. The molecule has 2 unspecified atom stereocenters. The molecule has 3 fully saturated rings. The van der Waals surface area contributed by atoms with Gasteiger partial charge in [0.25, 0.3) is 0 Å². The number of benzene rings is 2. The Hall–Kier alpha value is -3.75. The number of rotatable bonds is 13. The van der Waals surface area contributed by atoms with E-state index >= 15 is 0 Å². The van der Waals surface area contributed by atoms with Crippen LogP contribution in [0.3, 0.4) is 0 Å². The zero-order valence-electron chi connectivity index (χ0n) is 25.2. The molecule has 0 radical (unpaired) electrons. The highest BCUT2D eigenvalue weighted by Gasteiger charge is 2.79. The Bertz CT molecular complexity index is 1350. The molecule has 3 amide bonds. The molecule has 8 heteroatoms. The van der Waals surface area contributed by atoms with Crippen molar-refractivity contribution in [2.45, 2.75) is 69.5 Å². The second-order valence-corrected chi connectivity index (χ2v) is 12.1. The summed E-state index contributed by atoms with van der Waals surface area (Å²) >= 11 is 0. The molecule has 0 aliphatic carbocycles. The Balaban J connectivity index is 1.56. The maximum Gasteiger partial charge on any atom is 0.249 e. The molecule has 2 aromatic rings. The number of nitrogens with zero attached hydrogens (tertiary/aromatic N) is 3. The predicted octanol–water partition coefficient (Wildman–Crippen LogP) is 3.95. The van der Waals surface area contributed by atoms with Crippen LogP contribution in [0.1, 0.15) is 44.2 Å². The number of hydrogen-bond acceptors (Lipinski definition) is 5. The topological polar surface area (TPSA) is 90.4 Å². The zero-order chi connectivity index (χ0) is 30.8. The van der Waals surface area contributed by atoms with E-state index in [1.165, 1.54) is 4.90 Å². The van der Waals surface area contributed by atoms with Gasteiger partial charge in [0, 0.05) is 26.2 Å². The molecule has 3 aliphatic rings. The molecule has 43 heavy (non-hydrogen) atoms. The molecule has 1 spiro atoms. The highest BCUT2D eigenvalue weighted by molar-refractivity contribution is 5.99. The van der Waals surface area contributed by atoms with Crippen LogP contribution >= 0.6 is 0 Å². The van der Waals surface area contributed by atoms with Gasteiger partial charge in [-0.2, -0.15) is 0 Å². The average Bonchev–Trinajstić information content (AvgIpc) is 3.64. The van der Waals surface area contributed by atoms with Crippen molar-refractivity contribution < 1.29 is 24.2 Å². The number of aliphatic hydroxyl groups excluding tert-OH is 1. The smallest absolute Gasteiger partial charge is 0.249 e. The van der Waals surface area contributed by atoms with Crippen molar-refractivity contribution in [1.82, 2.24) is 14.7 Å². The fraction of sp³-hybridized carbons (Fsp3) is 0.457. The Morgan fingerprint density at radius 3 is 2.00 bits per heavy atom. The number of ether oxygens (including phenoxy) is 1. The van der Waals surface area contributed by atoms with E-state index in [0.29, 0.717) is 38.9 Å². The monoisotopic (exact) mass is 585 g/mol. The van der Waals surface area contributed by atoms with E-state index < -0.39 is 35.1 Å². The van der Waals surface area contributed by atoms with Crippen molar-refractivity contribution in [2.24, 2.45) is 11.8 Å². The molecule has 1 N–H and O–H groups in total. The van der Waals surface area contributed by atoms with E-state index in [9.17, 15) is 19.5 Å². The maximum absolute atomic E-state index is 14.6. The average molecular weight is 586 g/mol. The fourth-order valence-electron chi connectivity index (χ4n) is 7.63. The molecule has 8 nitrogen and oxygen atoms in total. The van der Waals surface area contributed by atoms with Crippen LogP contribution in [0, 0.1) is 11.8 Å². The lowest BCUT2D eigenvalue weighted by molar-refractivity contribution is -0.158. The van der Waals surface area contributed by atoms with Crippen LogP contribution in [0.15, 0.2) is 86.0 Å². The minimum Gasteiger partial charge on any atom is -0.394 e. The van der Waals surface area contributed by atoms with Gasteiger partial charge in [0.15, 0.2) is 0 Å². The van der Waals surface area contributed by atoms with Gasteiger partial charge in [0.1, 0.15) is 11.6 Å². The van der Waals surface area contributed by atoms with Crippen LogP contribution < -0.4 is 0 Å². The standard InChI is InChI=1S/C35H43N3O5/c1-5-20-36(22-26-14-10-8-11-15-26)31(40)28-29-32(41)38(25(4)24-39)30(35(29)19-18-34(28,7-3)43-35)33(42)37(21-6-2)23-27-16-12-9-13-17-27/h5-6,8-17,25,28-30,39H,1-2,7,18-24H2,3-4H3/t25-,28-,29+,30?,34+,35?/m1/s1. The Labute approximate surface area is 254 Å². The number of aliphatic hydroxyl groups is 1. The molecule has 3 aliphatic heterocycles. The summed E-state index contributed by atoms with van der Waals surface area (Å²) in [5.74, 6) is -2.31. The summed E-state index contributed by atoms with van der Waals surface area (Å²) in [5, 5.41) is 10.3. The van der Waals surface area contributed by atoms with Gasteiger partial charge in [-0.25, -0.2) is 0 Å². The van der Waals surface area contributed by atoms with Gasteiger partial charge in [-0.3, -0.25) is 14.4 Å². The van der Waals surface area contributed by atoms with Gasteiger partial charge < -0.3 is 24.5 Å². The first-order valence-corrected chi connectivity index (χ1v) is 15.3. The molecule has 6 atom stereocenters. The summed E-state index contributed by atoms with van der Waals surface area (Å²) in [4.78, 5) is 48.6. The predicted molar refractivity (Wildman–Crippen MR) is 164 cm³/mol. The van der Waals surface area contributed by atoms with E-state index in [1.807, 2.05) is 67.6 Å². The van der Waals surface area contributed by atoms with Gasteiger partial charge in [-0.05, 0) is 37.3 Å². The summed E-state index contributed by atoms with van der Waals surface area (Å²) in [5.41, 5.74) is -0.0993. The molecule has 3 saturated heterocycles. The number of fused-ring (bicyclic) bond motifs is 1. The fourth-order valence-corrected chi connectivity index (χ4v) is 7.63. The van der Waals surface area contributed by atoms with Crippen molar-refractivity contribution in [3.8, 4) is 0 Å². The molecule has 228 valence electrons. The van der Waals surface area contributed by atoms with Crippen molar-refractivity contribution in [1.29, 1.82) is 0 Å². The van der Waals surface area contributed by atoms with Crippen LogP contribution in [0.2, 0.25) is 0 Å². The van der Waals surface area contributed by atoms with E-state index in [-0.39, 0.29) is 30.9 Å². The Morgan fingerprint density at radius 2 is 1.51 bits per heavy atom. The van der Waals surface area contributed by atoms with Crippen molar-refractivity contribution in [3.05, 3.63) is 97.1 Å². The molecule has 0 aromatic heterocycles. The van der Waals surface area contributed by atoms with E-state index in [1.54, 1.807) is 28.9 Å². The molecular weight excluding hydrogens is 542 g/mol. The maximum atomic E-state index is 14.6. The first-order chi connectivity index (χ1) is 20.8. The summed E-state index contributed by atoms with van der Waals surface area (Å²) in [6.45, 7) is 12.5. The number of hydrogen-bond donors (Lipinski definition) is 1. The van der Waals surface area contributed by atoms with Crippen molar-refractivity contribution >= 4 is 17.7 Å². The normalized spacial score (nSPS) is 27.9. The van der Waals surface area contributed by atoms with Crippen LogP contribution in [-0.4, -0.2) is 80.5 Å². The number of carbonyl (C=O) groups excluding carboxylic acids is 3. The lowest BCUT2D eigenvalue weighted by Crippen LogP contribution is -2.58. The SMILES string of the molecule is C=CCN(Cc1ccccc1)C(=O)C1N([C@H](C)CO)C(=O)[C@@H]2[C@H](C(=O)N(CC=C)Cc3ccccc3)[C@]3(CC)CCC12O3. The summed E-state index contributed by atoms with van der Waals surface area (Å²) in [6.07, 6.45) is 4.97. The molecule has 2 bridgehead atoms. The first-order valence-electron chi connectivity index (χ1n) is 15.3. The minimum atomic E-state index is -1.17. The zero-order valence-corrected chi connectivity index (χ0v) is 25.2. The second kappa shape index (κ2) is 12.5. The lowest BCUT2D eigenvalue weighted by atomic mass is 9.64. The third-order valence-corrected chi connectivity index (χ3v) is 9.61. The van der Waals surface area contributed by atoms with Crippen LogP contribution in [-0.2, 0) is 32.2 Å². The molecule has 5 rings (SSSR count). The molecular formula is C35H43N3O5. The van der Waals surface area contributed by atoms with Gasteiger partial charge in [0.2, 0.25) is 17.7 Å². The number of likely N-dealkylation sites (tertiary alicyclic amines) is 1. The lowest BCUT2D eigenvalue weighted by Gasteiger charge is -2.38. The summed E-state index contributed by atoms with van der Waals surface area (Å²) < 4.78 is 6.95. The third kappa shape index (κ3) is 5.21. The molecule has 3 heterocycles. The van der Waals surface area contributed by atoms with Crippen LogP contribution in [0.25, 0.3) is 0 Å². The Kier molecular flexibility index (Phi) is 8.90. The molecule has 2 aromatic carbocycles. The first kappa shape index (κ1) is 30.7. The van der Waals surface area contributed by atoms with E-state index in [0.717, 1.165) is 11.1 Å². The minimum absolute atomic E-state index is 0.164. The highest BCUT2D eigenvalue weighted by atomic mass is 16.5. The van der Waals surface area contributed by atoms with Crippen molar-refractivity contribution in [3.63, 3.8) is 0 Å². The van der Waals surface area contributed by atoms with Crippen LogP contribution in [0.4, 0.5) is 0 Å². The Morgan fingerprint density at radius 1 is 0.977 bits per heavy atom. The van der Waals surface area contributed by atoms with Crippen LogP contribution in [0.5, 0.6) is 0 Å². The van der Waals surface area contributed by atoms with E-state index in [2.05, 4.69) is 13.2 Å². The van der Waals surface area contributed by atoms with Gasteiger partial charge >= 0.3 is 0 Å². The van der Waals surface area contributed by atoms with Gasteiger partial charge in [-0.15, -0.1) is 13.2 Å². The number of carbonyl (C=O) groups is 3. The third-order valence-electron chi connectivity index (χ3n) is 9.61. The van der Waals surface area contributed by atoms with E-state index in [4.69, 9.17) is 4.74 Å². The van der Waals surface area contributed by atoms with Gasteiger partial charge in [0.05, 0.1) is 30.1 Å². The number of amides is 3. The van der Waals surface area contributed by atoms with Gasteiger partial charge in [-0.1, -0.05) is 79.7 Å². The summed E-state index contributed by atoms with van der Waals surface area (Å²) in [7, 11) is 0.